The van der Waals surface area contributed by atoms with Crippen LogP contribution in [0.3, 0.4) is 0 Å². The van der Waals surface area contributed by atoms with E-state index in [2.05, 4.69) is 9.89 Å². The fraction of sp³-hybridized carbons (Fsp3) is 0.111. The summed E-state index contributed by atoms with van der Waals surface area (Å²) in [4.78, 5) is 11.0. The maximum absolute atomic E-state index is 11.0. The lowest BCUT2D eigenvalue weighted by Gasteiger charge is -2.00. The zero-order chi connectivity index (χ0) is 9.68. The normalized spacial score (nSPS) is 11.0. The second-order valence-corrected chi connectivity index (χ2v) is 2.31. The van der Waals surface area contributed by atoms with Crippen molar-refractivity contribution < 1.29 is 14.7 Å². The van der Waals surface area contributed by atoms with Crippen LogP contribution in [0.5, 0.6) is 0 Å². The molecule has 0 saturated heterocycles. The molecule has 68 valence electrons. The zero-order valence-electron chi connectivity index (χ0n) is 7.10. The van der Waals surface area contributed by atoms with Crippen LogP contribution >= 0.6 is 0 Å². The number of hydrogen-bond donors (Lipinski definition) is 1. The van der Waals surface area contributed by atoms with Gasteiger partial charge < -0.3 is 9.94 Å². The molecule has 1 N–H and O–H groups in total. The number of methoxy groups -OCH3 is 1. The molecule has 0 aromatic heterocycles. The van der Waals surface area contributed by atoms with Crippen LogP contribution in [0.4, 0.5) is 0 Å². The maximum Gasteiger partial charge on any atom is 0.360 e. The molecule has 4 heteroatoms. The number of benzene rings is 1. The first-order valence-electron chi connectivity index (χ1n) is 3.65. The van der Waals surface area contributed by atoms with Crippen LogP contribution in [-0.2, 0) is 9.53 Å². The Morgan fingerprint density at radius 3 is 2.46 bits per heavy atom. The molecule has 0 aliphatic heterocycles. The van der Waals surface area contributed by atoms with Gasteiger partial charge in [-0.15, -0.1) is 0 Å². The van der Waals surface area contributed by atoms with E-state index in [1.165, 1.54) is 7.11 Å². The number of ether oxygens (including phenoxy) is 1. The average Bonchev–Trinajstić information content (AvgIpc) is 2.20. The minimum Gasteiger partial charge on any atom is -0.464 e. The number of carbonyl (C=O) groups is 1. The van der Waals surface area contributed by atoms with Crippen LogP contribution in [-0.4, -0.2) is 24.0 Å². The van der Waals surface area contributed by atoms with Gasteiger partial charge in [-0.2, -0.15) is 0 Å². The zero-order valence-corrected chi connectivity index (χ0v) is 7.10. The molecule has 4 nitrogen and oxygen atoms in total. The average molecular weight is 179 g/mol. The van der Waals surface area contributed by atoms with Gasteiger partial charge in [-0.05, 0) is 0 Å². The molecule has 0 radical (unpaired) electrons. The number of esters is 1. The molecule has 1 aromatic carbocycles. The maximum atomic E-state index is 11.0. The third-order valence-corrected chi connectivity index (χ3v) is 1.53. The summed E-state index contributed by atoms with van der Waals surface area (Å²) in [5.74, 6) is -0.659. The quantitative estimate of drug-likeness (QED) is 0.319. The van der Waals surface area contributed by atoms with Gasteiger partial charge in [-0.3, -0.25) is 0 Å². The largest absolute Gasteiger partial charge is 0.464 e. The van der Waals surface area contributed by atoms with Gasteiger partial charge in [0.05, 0.1) is 7.11 Å². The van der Waals surface area contributed by atoms with Crippen LogP contribution in [0, 0.1) is 0 Å². The van der Waals surface area contributed by atoms with Gasteiger partial charge in [0.1, 0.15) is 0 Å². The number of oxime groups is 1. The topological polar surface area (TPSA) is 58.9 Å². The first kappa shape index (κ1) is 9.25. The molecule has 13 heavy (non-hydrogen) atoms. The van der Waals surface area contributed by atoms with Crippen molar-refractivity contribution in [2.45, 2.75) is 0 Å². The number of rotatable bonds is 2. The summed E-state index contributed by atoms with van der Waals surface area (Å²) in [6.07, 6.45) is 0. The standard InChI is InChI=1S/C9H9NO3/c1-13-9(11)8(10-12)7-5-3-2-4-6-7/h2-6,12H,1H3. The van der Waals surface area contributed by atoms with Gasteiger partial charge >= 0.3 is 5.97 Å². The van der Waals surface area contributed by atoms with Crippen molar-refractivity contribution in [3.05, 3.63) is 35.9 Å². The molecule has 0 atom stereocenters. The van der Waals surface area contributed by atoms with Crippen molar-refractivity contribution in [3.8, 4) is 0 Å². The highest BCUT2D eigenvalue weighted by molar-refractivity contribution is 6.43. The van der Waals surface area contributed by atoms with E-state index < -0.39 is 5.97 Å². The minimum atomic E-state index is -0.659. The highest BCUT2D eigenvalue weighted by atomic mass is 16.5. The SMILES string of the molecule is COC(=O)C(=NO)c1ccccc1. The van der Waals surface area contributed by atoms with E-state index in [1.54, 1.807) is 30.3 Å². The lowest BCUT2D eigenvalue weighted by atomic mass is 10.1. The number of hydrogen-bond acceptors (Lipinski definition) is 4. The second-order valence-electron chi connectivity index (χ2n) is 2.31. The molecule has 0 amide bonds. The summed E-state index contributed by atoms with van der Waals surface area (Å²) in [6, 6.07) is 8.60. The number of carbonyl (C=O) groups excluding carboxylic acids is 1. The van der Waals surface area contributed by atoms with Crippen molar-refractivity contribution in [2.75, 3.05) is 7.11 Å². The Bertz CT molecular complexity index is 319. The van der Waals surface area contributed by atoms with Crippen molar-refractivity contribution in [2.24, 2.45) is 5.16 Å². The molecule has 0 unspecified atom stereocenters. The molecule has 0 aliphatic rings. The third-order valence-electron chi connectivity index (χ3n) is 1.53. The highest BCUT2D eigenvalue weighted by Crippen LogP contribution is 2.01. The summed E-state index contributed by atoms with van der Waals surface area (Å²) in [6.45, 7) is 0. The summed E-state index contributed by atoms with van der Waals surface area (Å²) in [5, 5.41) is 11.4. The molecular formula is C9H9NO3. The van der Waals surface area contributed by atoms with E-state index in [0.717, 1.165) is 0 Å². The van der Waals surface area contributed by atoms with E-state index in [4.69, 9.17) is 5.21 Å². The lowest BCUT2D eigenvalue weighted by Crippen LogP contribution is -2.16. The molecule has 0 aliphatic carbocycles. The summed E-state index contributed by atoms with van der Waals surface area (Å²) in [7, 11) is 1.23. The second kappa shape index (κ2) is 4.25. The molecule has 1 aromatic rings. The fourth-order valence-electron chi connectivity index (χ4n) is 0.909. The predicted molar refractivity (Wildman–Crippen MR) is 46.8 cm³/mol. The molecule has 0 bridgehead atoms. The van der Waals surface area contributed by atoms with Gasteiger partial charge in [0.15, 0.2) is 5.71 Å². The highest BCUT2D eigenvalue weighted by Gasteiger charge is 2.13. The molecule has 0 fully saturated rings. The van der Waals surface area contributed by atoms with Gasteiger partial charge in [-0.25, -0.2) is 4.79 Å². The molecule has 0 spiro atoms. The predicted octanol–water partition coefficient (Wildman–Crippen LogP) is 1.04. The molecule has 0 saturated carbocycles. The first-order valence-corrected chi connectivity index (χ1v) is 3.65. The van der Waals surface area contributed by atoms with Crippen LogP contribution in [0.2, 0.25) is 0 Å². The summed E-state index contributed by atoms with van der Waals surface area (Å²) in [5.41, 5.74) is 0.431. The molecular weight excluding hydrogens is 170 g/mol. The Labute approximate surface area is 75.4 Å². The van der Waals surface area contributed by atoms with E-state index in [9.17, 15) is 4.79 Å². The van der Waals surface area contributed by atoms with E-state index in [1.807, 2.05) is 0 Å². The Kier molecular flexibility index (Phi) is 3.03. The van der Waals surface area contributed by atoms with E-state index in [-0.39, 0.29) is 5.71 Å². The van der Waals surface area contributed by atoms with E-state index in [0.29, 0.717) is 5.56 Å². The number of nitrogens with zero attached hydrogens (tertiary/aromatic N) is 1. The third kappa shape index (κ3) is 2.05. The van der Waals surface area contributed by atoms with Crippen molar-refractivity contribution in [1.82, 2.24) is 0 Å². The summed E-state index contributed by atoms with van der Waals surface area (Å²) >= 11 is 0. The summed E-state index contributed by atoms with van der Waals surface area (Å²) < 4.78 is 4.43. The van der Waals surface area contributed by atoms with Crippen LogP contribution in [0.1, 0.15) is 5.56 Å². The smallest absolute Gasteiger partial charge is 0.360 e. The van der Waals surface area contributed by atoms with Crippen LogP contribution < -0.4 is 0 Å². The van der Waals surface area contributed by atoms with Gasteiger partial charge in [0, 0.05) is 5.56 Å². The lowest BCUT2D eigenvalue weighted by molar-refractivity contribution is -0.132. The minimum absolute atomic E-state index is 0.0944. The fourth-order valence-corrected chi connectivity index (χ4v) is 0.909. The van der Waals surface area contributed by atoms with Crippen molar-refractivity contribution in [1.29, 1.82) is 0 Å². The Morgan fingerprint density at radius 2 is 2.00 bits per heavy atom. The van der Waals surface area contributed by atoms with Crippen LogP contribution in [0.25, 0.3) is 0 Å². The Hall–Kier alpha value is -1.84. The monoisotopic (exact) mass is 179 g/mol. The first-order chi connectivity index (χ1) is 6.29. The van der Waals surface area contributed by atoms with E-state index >= 15 is 0 Å². The van der Waals surface area contributed by atoms with Gasteiger partial charge in [0.25, 0.3) is 0 Å². The van der Waals surface area contributed by atoms with Gasteiger partial charge in [0.2, 0.25) is 0 Å². The molecule has 1 rings (SSSR count). The van der Waals surface area contributed by atoms with Gasteiger partial charge in [-0.1, -0.05) is 35.5 Å². The van der Waals surface area contributed by atoms with Crippen LogP contribution in [0.15, 0.2) is 35.5 Å². The Balaban J connectivity index is 3.00. The Morgan fingerprint density at radius 1 is 1.38 bits per heavy atom. The molecule has 0 heterocycles. The van der Waals surface area contributed by atoms with Crippen molar-refractivity contribution in [3.63, 3.8) is 0 Å². The van der Waals surface area contributed by atoms with Crippen molar-refractivity contribution >= 4 is 11.7 Å².